The highest BCUT2D eigenvalue weighted by Crippen LogP contribution is 2.30. The highest BCUT2D eigenvalue weighted by atomic mass is 16.5. The number of amides is 1. The van der Waals surface area contributed by atoms with Gasteiger partial charge < -0.3 is 14.8 Å². The molecule has 0 aliphatic heterocycles. The summed E-state index contributed by atoms with van der Waals surface area (Å²) >= 11 is 0. The van der Waals surface area contributed by atoms with Crippen LogP contribution >= 0.6 is 0 Å². The summed E-state index contributed by atoms with van der Waals surface area (Å²) in [6.45, 7) is 2.72. The highest BCUT2D eigenvalue weighted by molar-refractivity contribution is 5.75. The minimum atomic E-state index is 0.179. The van der Waals surface area contributed by atoms with Gasteiger partial charge >= 0.3 is 0 Å². The molecular weight excluding hydrogens is 302 g/mol. The summed E-state index contributed by atoms with van der Waals surface area (Å²) in [7, 11) is 3.29. The topological polar surface area (TPSA) is 47.6 Å². The maximum Gasteiger partial charge on any atom is 0.220 e. The Bertz CT molecular complexity index is 536. The van der Waals surface area contributed by atoms with Gasteiger partial charge in [-0.15, -0.1) is 0 Å². The fourth-order valence-electron chi connectivity index (χ4n) is 3.53. The van der Waals surface area contributed by atoms with E-state index in [1.807, 2.05) is 12.1 Å². The predicted octanol–water partition coefficient (Wildman–Crippen LogP) is 4.03. The van der Waals surface area contributed by atoms with Gasteiger partial charge in [0.15, 0.2) is 11.5 Å². The van der Waals surface area contributed by atoms with Crippen molar-refractivity contribution in [3.05, 3.63) is 23.3 Å². The average Bonchev–Trinajstić information content (AvgIpc) is 2.61. The normalized spacial score (nSPS) is 15.1. The lowest BCUT2D eigenvalue weighted by Crippen LogP contribution is -2.26. The molecule has 1 amide bonds. The second-order valence-corrected chi connectivity index (χ2v) is 6.78. The molecule has 4 nitrogen and oxygen atoms in total. The minimum absolute atomic E-state index is 0.179. The number of rotatable bonds is 8. The van der Waals surface area contributed by atoms with Crippen molar-refractivity contribution in [1.29, 1.82) is 0 Å². The van der Waals surface area contributed by atoms with Gasteiger partial charge in [-0.1, -0.05) is 32.1 Å². The molecule has 0 heterocycles. The van der Waals surface area contributed by atoms with Gasteiger partial charge in [0.05, 0.1) is 14.2 Å². The third kappa shape index (κ3) is 5.43. The number of benzene rings is 1. The lowest BCUT2D eigenvalue weighted by Gasteiger charge is -2.21. The standard InChI is InChI=1S/C20H31NO3/c1-15-13-18(23-2)19(24-3)14-17(15)11-12-21-20(22)10-9-16-7-5-4-6-8-16/h13-14,16H,4-12H2,1-3H3,(H,21,22). The Morgan fingerprint density at radius 3 is 2.46 bits per heavy atom. The van der Waals surface area contributed by atoms with Crippen molar-refractivity contribution in [2.45, 2.75) is 58.3 Å². The second-order valence-electron chi connectivity index (χ2n) is 6.78. The van der Waals surface area contributed by atoms with Crippen LogP contribution in [-0.2, 0) is 11.2 Å². The smallest absolute Gasteiger partial charge is 0.220 e. The Hall–Kier alpha value is -1.71. The van der Waals surface area contributed by atoms with Gasteiger partial charge in [0.2, 0.25) is 5.91 Å². The van der Waals surface area contributed by atoms with Gasteiger partial charge in [0, 0.05) is 13.0 Å². The van der Waals surface area contributed by atoms with E-state index in [1.54, 1.807) is 14.2 Å². The Kier molecular flexibility index (Phi) is 7.41. The quantitative estimate of drug-likeness (QED) is 0.781. The Morgan fingerprint density at radius 1 is 1.12 bits per heavy atom. The van der Waals surface area contributed by atoms with Crippen LogP contribution in [0.25, 0.3) is 0 Å². The van der Waals surface area contributed by atoms with Crippen molar-refractivity contribution < 1.29 is 14.3 Å². The average molecular weight is 333 g/mol. The third-order valence-electron chi connectivity index (χ3n) is 5.06. The molecule has 0 unspecified atom stereocenters. The molecule has 1 N–H and O–H groups in total. The first-order valence-electron chi connectivity index (χ1n) is 9.12. The Morgan fingerprint density at radius 2 is 1.79 bits per heavy atom. The zero-order chi connectivity index (χ0) is 17.4. The number of ether oxygens (including phenoxy) is 2. The first-order valence-corrected chi connectivity index (χ1v) is 9.12. The first kappa shape index (κ1) is 18.6. The largest absolute Gasteiger partial charge is 0.493 e. The molecule has 1 aromatic rings. The molecule has 134 valence electrons. The molecule has 2 rings (SSSR count). The zero-order valence-corrected chi connectivity index (χ0v) is 15.3. The van der Waals surface area contributed by atoms with Crippen LogP contribution in [-0.4, -0.2) is 26.7 Å². The van der Waals surface area contributed by atoms with Crippen LogP contribution in [0.5, 0.6) is 11.5 Å². The molecule has 0 spiro atoms. The molecule has 1 saturated carbocycles. The number of hydrogen-bond acceptors (Lipinski definition) is 3. The summed E-state index contributed by atoms with van der Waals surface area (Å²) in [5, 5.41) is 3.05. The van der Waals surface area contributed by atoms with Crippen LogP contribution in [0.15, 0.2) is 12.1 Å². The maximum atomic E-state index is 12.0. The summed E-state index contributed by atoms with van der Waals surface area (Å²) in [5.74, 6) is 2.42. The van der Waals surface area contributed by atoms with Gasteiger partial charge in [0.25, 0.3) is 0 Å². The summed E-state index contributed by atoms with van der Waals surface area (Å²) in [6.07, 6.45) is 9.16. The monoisotopic (exact) mass is 333 g/mol. The van der Waals surface area contributed by atoms with Crippen molar-refractivity contribution in [3.63, 3.8) is 0 Å². The molecule has 0 radical (unpaired) electrons. The van der Waals surface area contributed by atoms with Gasteiger partial charge in [-0.2, -0.15) is 0 Å². The number of carbonyl (C=O) groups excluding carboxylic acids is 1. The molecule has 0 saturated heterocycles. The molecule has 24 heavy (non-hydrogen) atoms. The van der Waals surface area contributed by atoms with Crippen LogP contribution in [0.3, 0.4) is 0 Å². The Balaban J connectivity index is 1.75. The SMILES string of the molecule is COc1cc(C)c(CCNC(=O)CCC2CCCCC2)cc1OC. The molecule has 1 aliphatic rings. The van der Waals surface area contributed by atoms with Crippen molar-refractivity contribution in [1.82, 2.24) is 5.32 Å². The Labute approximate surface area is 145 Å². The van der Waals surface area contributed by atoms with E-state index in [2.05, 4.69) is 12.2 Å². The van der Waals surface area contributed by atoms with Gasteiger partial charge in [-0.05, 0) is 48.9 Å². The third-order valence-corrected chi connectivity index (χ3v) is 5.06. The molecular formula is C20H31NO3. The number of aryl methyl sites for hydroxylation is 1. The van der Waals surface area contributed by atoms with Crippen molar-refractivity contribution in [2.24, 2.45) is 5.92 Å². The van der Waals surface area contributed by atoms with Crippen LogP contribution < -0.4 is 14.8 Å². The molecule has 0 bridgehead atoms. The van der Waals surface area contributed by atoms with Crippen LogP contribution in [0.1, 0.15) is 56.1 Å². The molecule has 1 fully saturated rings. The van der Waals surface area contributed by atoms with Gasteiger partial charge in [-0.3, -0.25) is 4.79 Å². The minimum Gasteiger partial charge on any atom is -0.493 e. The van der Waals surface area contributed by atoms with E-state index in [0.29, 0.717) is 13.0 Å². The lowest BCUT2D eigenvalue weighted by atomic mass is 9.86. The fourth-order valence-corrected chi connectivity index (χ4v) is 3.53. The van der Waals surface area contributed by atoms with Crippen LogP contribution in [0, 0.1) is 12.8 Å². The highest BCUT2D eigenvalue weighted by Gasteiger charge is 2.15. The zero-order valence-electron chi connectivity index (χ0n) is 15.3. The maximum absolute atomic E-state index is 12.0. The summed E-state index contributed by atoms with van der Waals surface area (Å²) in [4.78, 5) is 12.0. The number of methoxy groups -OCH3 is 2. The van der Waals surface area contributed by atoms with E-state index in [1.165, 1.54) is 37.7 Å². The van der Waals surface area contributed by atoms with E-state index in [4.69, 9.17) is 9.47 Å². The summed E-state index contributed by atoms with van der Waals surface area (Å²) in [5.41, 5.74) is 2.34. The van der Waals surface area contributed by atoms with E-state index in [9.17, 15) is 4.79 Å². The van der Waals surface area contributed by atoms with E-state index in [0.717, 1.165) is 35.8 Å². The first-order chi connectivity index (χ1) is 11.6. The van der Waals surface area contributed by atoms with Crippen molar-refractivity contribution in [2.75, 3.05) is 20.8 Å². The molecule has 1 aromatic carbocycles. The number of carbonyl (C=O) groups is 1. The summed E-state index contributed by atoms with van der Waals surface area (Å²) < 4.78 is 10.7. The van der Waals surface area contributed by atoms with Gasteiger partial charge in [-0.25, -0.2) is 0 Å². The lowest BCUT2D eigenvalue weighted by molar-refractivity contribution is -0.121. The molecule has 1 aliphatic carbocycles. The van der Waals surface area contributed by atoms with Crippen molar-refractivity contribution >= 4 is 5.91 Å². The van der Waals surface area contributed by atoms with Crippen molar-refractivity contribution in [3.8, 4) is 11.5 Å². The number of nitrogens with one attached hydrogen (secondary N) is 1. The van der Waals surface area contributed by atoms with Crippen LogP contribution in [0.2, 0.25) is 0 Å². The number of hydrogen-bond donors (Lipinski definition) is 1. The second kappa shape index (κ2) is 9.55. The van der Waals surface area contributed by atoms with E-state index >= 15 is 0 Å². The van der Waals surface area contributed by atoms with Gasteiger partial charge in [0.1, 0.15) is 0 Å². The molecule has 0 atom stereocenters. The van der Waals surface area contributed by atoms with Crippen LogP contribution in [0.4, 0.5) is 0 Å². The molecule has 4 heteroatoms. The fraction of sp³-hybridized carbons (Fsp3) is 0.650. The molecule has 0 aromatic heterocycles. The van der Waals surface area contributed by atoms with E-state index in [-0.39, 0.29) is 5.91 Å². The summed E-state index contributed by atoms with van der Waals surface area (Å²) in [6, 6.07) is 3.99. The van der Waals surface area contributed by atoms with E-state index < -0.39 is 0 Å². The predicted molar refractivity (Wildman–Crippen MR) is 96.8 cm³/mol.